The van der Waals surface area contributed by atoms with Crippen molar-refractivity contribution >= 4 is 17.6 Å². The fourth-order valence-corrected chi connectivity index (χ4v) is 2.88. The van der Waals surface area contributed by atoms with E-state index in [1.165, 1.54) is 0 Å². The Morgan fingerprint density at radius 2 is 2.00 bits per heavy atom. The minimum atomic E-state index is -0.186. The van der Waals surface area contributed by atoms with Crippen LogP contribution in [-0.4, -0.2) is 70.6 Å². The first-order valence-corrected chi connectivity index (χ1v) is 8.89. The smallest absolute Gasteiger partial charge is 0.193 e. The van der Waals surface area contributed by atoms with Crippen molar-refractivity contribution in [3.63, 3.8) is 0 Å². The van der Waals surface area contributed by atoms with Crippen molar-refractivity contribution in [1.82, 2.24) is 10.2 Å². The van der Waals surface area contributed by atoms with Crippen LogP contribution in [0.5, 0.6) is 5.75 Å². The second-order valence-electron chi connectivity index (χ2n) is 6.12. The second-order valence-corrected chi connectivity index (χ2v) is 6.56. The summed E-state index contributed by atoms with van der Waals surface area (Å²) in [4.78, 5) is 6.39. The highest BCUT2D eigenvalue weighted by Crippen LogP contribution is 2.23. The number of guanidine groups is 1. The summed E-state index contributed by atoms with van der Waals surface area (Å²) in [6, 6.07) is 7.37. The molecule has 1 aliphatic heterocycles. The summed E-state index contributed by atoms with van der Waals surface area (Å²) in [5.41, 5.74) is -0.186. The van der Waals surface area contributed by atoms with Gasteiger partial charge in [0, 0.05) is 58.8 Å². The number of methoxy groups -OCH3 is 1. The second kappa shape index (κ2) is 9.85. The average Bonchev–Trinajstić information content (AvgIpc) is 2.64. The largest absolute Gasteiger partial charge is 0.492 e. The highest BCUT2D eigenvalue weighted by atomic mass is 35.5. The third-order valence-electron chi connectivity index (χ3n) is 4.49. The Labute approximate surface area is 155 Å². The number of halogens is 1. The molecule has 1 aromatic carbocycles. The zero-order chi connectivity index (χ0) is 18.1. The van der Waals surface area contributed by atoms with Gasteiger partial charge in [-0.3, -0.25) is 4.99 Å². The van der Waals surface area contributed by atoms with Crippen molar-refractivity contribution in [2.45, 2.75) is 18.4 Å². The lowest BCUT2D eigenvalue weighted by Gasteiger charge is -2.37. The molecular weight excluding hydrogens is 342 g/mol. The van der Waals surface area contributed by atoms with E-state index in [-0.39, 0.29) is 5.60 Å². The molecule has 1 N–H and O–H groups in total. The molecule has 6 nitrogen and oxygen atoms in total. The number of nitrogens with one attached hydrogen (secondary N) is 1. The van der Waals surface area contributed by atoms with Crippen LogP contribution in [0.25, 0.3) is 0 Å². The molecule has 0 aromatic heterocycles. The number of hydrogen-bond acceptors (Lipinski definition) is 4. The molecule has 1 saturated heterocycles. The number of hydrogen-bond donors (Lipinski definition) is 1. The van der Waals surface area contributed by atoms with E-state index in [1.54, 1.807) is 14.2 Å². The number of nitrogens with zero attached hydrogens (tertiary/aromatic N) is 2. The maximum atomic E-state index is 5.87. The summed E-state index contributed by atoms with van der Waals surface area (Å²) in [7, 11) is 5.53. The quantitative estimate of drug-likeness (QED) is 0.591. The molecule has 1 aliphatic rings. The van der Waals surface area contributed by atoms with Crippen LogP contribution < -0.4 is 10.1 Å². The minimum absolute atomic E-state index is 0.186. The summed E-state index contributed by atoms with van der Waals surface area (Å²) >= 11 is 5.87. The van der Waals surface area contributed by atoms with Gasteiger partial charge in [-0.15, -0.1) is 0 Å². The third kappa shape index (κ3) is 6.06. The number of ether oxygens (including phenoxy) is 3. The van der Waals surface area contributed by atoms with E-state index in [1.807, 2.05) is 36.2 Å². The third-order valence-corrected chi connectivity index (χ3v) is 4.74. The molecule has 0 unspecified atom stereocenters. The van der Waals surface area contributed by atoms with Crippen LogP contribution in [0.3, 0.4) is 0 Å². The van der Waals surface area contributed by atoms with Gasteiger partial charge in [0.15, 0.2) is 5.96 Å². The minimum Gasteiger partial charge on any atom is -0.492 e. The summed E-state index contributed by atoms with van der Waals surface area (Å²) < 4.78 is 16.9. The fourth-order valence-electron chi connectivity index (χ4n) is 2.76. The Bertz CT molecular complexity index is 545. The predicted molar refractivity (Wildman–Crippen MR) is 101 cm³/mol. The number of aliphatic imine (C=N–C) groups is 1. The van der Waals surface area contributed by atoms with Gasteiger partial charge in [-0.25, -0.2) is 0 Å². The lowest BCUT2D eigenvalue weighted by molar-refractivity contribution is -0.0857. The van der Waals surface area contributed by atoms with Gasteiger partial charge in [0.25, 0.3) is 0 Å². The van der Waals surface area contributed by atoms with Crippen molar-refractivity contribution in [3.05, 3.63) is 29.3 Å². The van der Waals surface area contributed by atoms with Gasteiger partial charge in [-0.2, -0.15) is 0 Å². The average molecular weight is 370 g/mol. The van der Waals surface area contributed by atoms with E-state index in [0.29, 0.717) is 24.7 Å². The number of benzene rings is 1. The van der Waals surface area contributed by atoms with E-state index in [9.17, 15) is 0 Å². The van der Waals surface area contributed by atoms with Crippen LogP contribution in [-0.2, 0) is 9.47 Å². The maximum absolute atomic E-state index is 5.87. The van der Waals surface area contributed by atoms with Gasteiger partial charge in [0.2, 0.25) is 0 Å². The monoisotopic (exact) mass is 369 g/mol. The topological polar surface area (TPSA) is 55.3 Å². The van der Waals surface area contributed by atoms with Gasteiger partial charge >= 0.3 is 0 Å². The molecule has 1 heterocycles. The molecule has 0 atom stereocenters. The molecule has 0 bridgehead atoms. The molecule has 1 aromatic rings. The molecule has 7 heteroatoms. The number of rotatable bonds is 7. The van der Waals surface area contributed by atoms with Crippen molar-refractivity contribution in [2.24, 2.45) is 4.99 Å². The molecular formula is C18H28ClN3O3. The molecule has 2 rings (SSSR count). The Balaban J connectivity index is 1.78. The summed E-state index contributed by atoms with van der Waals surface area (Å²) in [6.07, 6.45) is 1.77. The van der Waals surface area contributed by atoms with E-state index >= 15 is 0 Å². The van der Waals surface area contributed by atoms with Gasteiger partial charge < -0.3 is 24.4 Å². The van der Waals surface area contributed by atoms with Gasteiger partial charge in [0.05, 0.1) is 12.1 Å². The summed E-state index contributed by atoms with van der Waals surface area (Å²) in [5.74, 6) is 1.63. The Hall–Kier alpha value is -1.50. The first-order chi connectivity index (χ1) is 12.1. The van der Waals surface area contributed by atoms with E-state index in [2.05, 4.69) is 10.3 Å². The van der Waals surface area contributed by atoms with Gasteiger partial charge in [-0.05, 0) is 24.3 Å². The van der Waals surface area contributed by atoms with E-state index < -0.39 is 0 Å². The van der Waals surface area contributed by atoms with Crippen LogP contribution in [0.1, 0.15) is 12.8 Å². The number of likely N-dealkylation sites (N-methyl/N-ethyl adjacent to an activating group) is 1. The molecule has 140 valence electrons. The van der Waals surface area contributed by atoms with Gasteiger partial charge in [0.1, 0.15) is 12.4 Å². The van der Waals surface area contributed by atoms with Crippen LogP contribution in [0.2, 0.25) is 5.02 Å². The van der Waals surface area contributed by atoms with Crippen molar-refractivity contribution in [2.75, 3.05) is 54.1 Å². The standard InChI is InChI=1S/C18H28ClN3O3/c1-20-17(21-14-18(23-3)8-11-24-12-9-18)22(2)10-13-25-16-6-4-15(19)5-7-16/h4-7H,8-14H2,1-3H3,(H,20,21). The molecule has 0 radical (unpaired) electrons. The molecule has 0 spiro atoms. The summed E-state index contributed by atoms with van der Waals surface area (Å²) in [6.45, 7) is 3.45. The zero-order valence-corrected chi connectivity index (χ0v) is 16.0. The van der Waals surface area contributed by atoms with Crippen molar-refractivity contribution in [1.29, 1.82) is 0 Å². The van der Waals surface area contributed by atoms with Gasteiger partial charge in [-0.1, -0.05) is 11.6 Å². The predicted octanol–water partition coefficient (Wildman–Crippen LogP) is 2.42. The Morgan fingerprint density at radius 1 is 1.32 bits per heavy atom. The Kier molecular flexibility index (Phi) is 7.81. The first kappa shape index (κ1) is 19.8. The van der Waals surface area contributed by atoms with E-state index in [0.717, 1.165) is 37.8 Å². The van der Waals surface area contributed by atoms with Crippen molar-refractivity contribution in [3.8, 4) is 5.75 Å². The normalized spacial score (nSPS) is 17.2. The fraction of sp³-hybridized carbons (Fsp3) is 0.611. The van der Waals surface area contributed by atoms with Crippen LogP contribution in [0, 0.1) is 0 Å². The molecule has 1 fully saturated rings. The first-order valence-electron chi connectivity index (χ1n) is 8.51. The highest BCUT2D eigenvalue weighted by molar-refractivity contribution is 6.30. The molecule has 25 heavy (non-hydrogen) atoms. The zero-order valence-electron chi connectivity index (χ0n) is 15.3. The molecule has 0 amide bonds. The summed E-state index contributed by atoms with van der Waals surface area (Å²) in [5, 5.41) is 4.11. The van der Waals surface area contributed by atoms with Crippen LogP contribution in [0.15, 0.2) is 29.3 Å². The maximum Gasteiger partial charge on any atom is 0.193 e. The highest BCUT2D eigenvalue weighted by Gasteiger charge is 2.32. The molecule has 0 aliphatic carbocycles. The Morgan fingerprint density at radius 3 is 2.60 bits per heavy atom. The van der Waals surface area contributed by atoms with Crippen LogP contribution >= 0.6 is 11.6 Å². The lowest BCUT2D eigenvalue weighted by Crippen LogP contribution is -2.51. The molecule has 0 saturated carbocycles. The lowest BCUT2D eigenvalue weighted by atomic mass is 9.94. The SMILES string of the molecule is CN=C(NCC1(OC)CCOCC1)N(C)CCOc1ccc(Cl)cc1. The van der Waals surface area contributed by atoms with Crippen molar-refractivity contribution < 1.29 is 14.2 Å². The van der Waals surface area contributed by atoms with Crippen LogP contribution in [0.4, 0.5) is 0 Å². The van der Waals surface area contributed by atoms with E-state index in [4.69, 9.17) is 25.8 Å².